The molecular formula is C19H22ClN3O2. The van der Waals surface area contributed by atoms with Crippen molar-refractivity contribution in [3.05, 3.63) is 34.5 Å². The number of hydrogen-bond acceptors (Lipinski definition) is 2. The van der Waals surface area contributed by atoms with Gasteiger partial charge in [-0.2, -0.15) is 0 Å². The molecule has 2 heterocycles. The van der Waals surface area contributed by atoms with Gasteiger partial charge in [0, 0.05) is 65.6 Å². The van der Waals surface area contributed by atoms with Crippen molar-refractivity contribution in [2.24, 2.45) is 5.92 Å². The standard InChI is InChI=1S/C19H22ClN3O2/c20-13-5-6-16-14(10-13)15-11-23(9-7-17(15)22-16)18(24)2-1-8-21-19(25)12-3-4-12/h5-6,10,12,22H,1-4,7-9,11H2,(H,21,25). The van der Waals surface area contributed by atoms with E-state index < -0.39 is 0 Å². The highest BCUT2D eigenvalue weighted by Gasteiger charge is 2.29. The maximum absolute atomic E-state index is 12.5. The highest BCUT2D eigenvalue weighted by atomic mass is 35.5. The summed E-state index contributed by atoms with van der Waals surface area (Å²) in [5.41, 5.74) is 3.46. The molecule has 0 bridgehead atoms. The number of hydrogen-bond donors (Lipinski definition) is 2. The summed E-state index contributed by atoms with van der Waals surface area (Å²) in [6.45, 7) is 1.95. The quantitative estimate of drug-likeness (QED) is 0.806. The summed E-state index contributed by atoms with van der Waals surface area (Å²) in [5, 5.41) is 4.74. The van der Waals surface area contributed by atoms with Crippen LogP contribution in [0.3, 0.4) is 0 Å². The minimum Gasteiger partial charge on any atom is -0.358 e. The van der Waals surface area contributed by atoms with Crippen molar-refractivity contribution in [2.45, 2.75) is 38.6 Å². The molecule has 1 aromatic heterocycles. The number of carbonyl (C=O) groups excluding carboxylic acids is 2. The topological polar surface area (TPSA) is 65.2 Å². The number of nitrogens with zero attached hydrogens (tertiary/aromatic N) is 1. The number of aromatic nitrogens is 1. The molecule has 2 amide bonds. The molecule has 0 saturated heterocycles. The maximum Gasteiger partial charge on any atom is 0.223 e. The lowest BCUT2D eigenvalue weighted by Gasteiger charge is -2.27. The van der Waals surface area contributed by atoms with Crippen LogP contribution in [0.1, 0.15) is 36.9 Å². The van der Waals surface area contributed by atoms with E-state index in [0.29, 0.717) is 31.0 Å². The van der Waals surface area contributed by atoms with Crippen LogP contribution in [-0.4, -0.2) is 34.8 Å². The molecule has 5 nitrogen and oxygen atoms in total. The Labute approximate surface area is 151 Å². The van der Waals surface area contributed by atoms with Crippen LogP contribution in [0.15, 0.2) is 18.2 Å². The van der Waals surface area contributed by atoms with Crippen LogP contribution in [0.5, 0.6) is 0 Å². The molecular weight excluding hydrogens is 338 g/mol. The van der Waals surface area contributed by atoms with Gasteiger partial charge in [0.15, 0.2) is 0 Å². The summed E-state index contributed by atoms with van der Waals surface area (Å²) in [4.78, 5) is 29.4. The van der Waals surface area contributed by atoms with E-state index in [2.05, 4.69) is 10.3 Å². The Bertz CT molecular complexity index is 825. The first-order valence-electron chi connectivity index (χ1n) is 8.96. The van der Waals surface area contributed by atoms with E-state index in [0.717, 1.165) is 36.7 Å². The van der Waals surface area contributed by atoms with Crippen molar-refractivity contribution < 1.29 is 9.59 Å². The lowest BCUT2D eigenvalue weighted by atomic mass is 10.0. The summed E-state index contributed by atoms with van der Waals surface area (Å²) in [5.74, 6) is 0.526. The number of amides is 2. The molecule has 0 atom stereocenters. The summed E-state index contributed by atoms with van der Waals surface area (Å²) in [6.07, 6.45) is 4.03. The van der Waals surface area contributed by atoms with Gasteiger partial charge in [0.2, 0.25) is 11.8 Å². The third-order valence-electron chi connectivity index (χ3n) is 5.10. The van der Waals surface area contributed by atoms with Gasteiger partial charge in [-0.1, -0.05) is 11.6 Å². The molecule has 2 N–H and O–H groups in total. The average molecular weight is 360 g/mol. The van der Waals surface area contributed by atoms with Gasteiger partial charge in [0.1, 0.15) is 0 Å². The normalized spacial score (nSPS) is 16.8. The van der Waals surface area contributed by atoms with Crippen LogP contribution in [0, 0.1) is 5.92 Å². The molecule has 1 aliphatic carbocycles. The Morgan fingerprint density at radius 2 is 2.16 bits per heavy atom. The number of fused-ring (bicyclic) bond motifs is 3. The summed E-state index contributed by atoms with van der Waals surface area (Å²) < 4.78 is 0. The van der Waals surface area contributed by atoms with Crippen molar-refractivity contribution in [3.63, 3.8) is 0 Å². The number of nitrogens with one attached hydrogen (secondary N) is 2. The van der Waals surface area contributed by atoms with Gasteiger partial charge in [-0.15, -0.1) is 0 Å². The first kappa shape index (κ1) is 16.5. The Morgan fingerprint density at radius 3 is 2.96 bits per heavy atom. The van der Waals surface area contributed by atoms with Gasteiger partial charge < -0.3 is 15.2 Å². The zero-order valence-corrected chi connectivity index (χ0v) is 14.9. The highest BCUT2D eigenvalue weighted by Crippen LogP contribution is 2.30. The third-order valence-corrected chi connectivity index (χ3v) is 5.34. The van der Waals surface area contributed by atoms with Crippen LogP contribution >= 0.6 is 11.6 Å². The van der Waals surface area contributed by atoms with Gasteiger partial charge in [-0.25, -0.2) is 0 Å². The van der Waals surface area contributed by atoms with E-state index in [1.807, 2.05) is 23.1 Å². The fourth-order valence-corrected chi connectivity index (χ4v) is 3.67. The molecule has 1 saturated carbocycles. The largest absolute Gasteiger partial charge is 0.358 e. The van der Waals surface area contributed by atoms with E-state index in [1.54, 1.807) is 0 Å². The SMILES string of the molecule is O=C(NCCCC(=O)N1CCc2[nH]c3ccc(Cl)cc3c2C1)C1CC1. The summed E-state index contributed by atoms with van der Waals surface area (Å²) >= 11 is 6.12. The lowest BCUT2D eigenvalue weighted by molar-refractivity contribution is -0.132. The van der Waals surface area contributed by atoms with Crippen molar-refractivity contribution in [1.82, 2.24) is 15.2 Å². The second-order valence-corrected chi connectivity index (χ2v) is 7.44. The van der Waals surface area contributed by atoms with Crippen molar-refractivity contribution in [2.75, 3.05) is 13.1 Å². The van der Waals surface area contributed by atoms with Crippen molar-refractivity contribution >= 4 is 34.3 Å². The van der Waals surface area contributed by atoms with Crippen molar-refractivity contribution in [1.29, 1.82) is 0 Å². The number of H-pyrrole nitrogens is 1. The molecule has 2 aromatic rings. The fourth-order valence-electron chi connectivity index (χ4n) is 3.50. The molecule has 132 valence electrons. The monoisotopic (exact) mass is 359 g/mol. The molecule has 1 aliphatic heterocycles. The van der Waals surface area contributed by atoms with E-state index in [-0.39, 0.29) is 17.7 Å². The molecule has 0 radical (unpaired) electrons. The van der Waals surface area contributed by atoms with E-state index in [4.69, 9.17) is 11.6 Å². The number of benzene rings is 1. The highest BCUT2D eigenvalue weighted by molar-refractivity contribution is 6.31. The third kappa shape index (κ3) is 3.52. The fraction of sp³-hybridized carbons (Fsp3) is 0.474. The molecule has 0 spiro atoms. The summed E-state index contributed by atoms with van der Waals surface area (Å²) in [6, 6.07) is 5.84. The number of aromatic amines is 1. The molecule has 25 heavy (non-hydrogen) atoms. The second-order valence-electron chi connectivity index (χ2n) is 7.01. The average Bonchev–Trinajstić information content (AvgIpc) is 3.40. The minimum atomic E-state index is 0.144. The first-order chi connectivity index (χ1) is 12.1. The number of halogens is 1. The first-order valence-corrected chi connectivity index (χ1v) is 9.34. The van der Waals surface area contributed by atoms with E-state index in [1.165, 1.54) is 11.3 Å². The van der Waals surface area contributed by atoms with Crippen LogP contribution in [-0.2, 0) is 22.6 Å². The zero-order chi connectivity index (χ0) is 17.4. The number of carbonyl (C=O) groups is 2. The molecule has 1 fully saturated rings. The summed E-state index contributed by atoms with van der Waals surface area (Å²) in [7, 11) is 0. The molecule has 0 unspecified atom stereocenters. The van der Waals surface area contributed by atoms with E-state index >= 15 is 0 Å². The van der Waals surface area contributed by atoms with Gasteiger partial charge in [-0.3, -0.25) is 9.59 Å². The molecule has 1 aromatic carbocycles. The zero-order valence-electron chi connectivity index (χ0n) is 14.1. The van der Waals surface area contributed by atoms with Crippen LogP contribution in [0.4, 0.5) is 0 Å². The van der Waals surface area contributed by atoms with Crippen LogP contribution < -0.4 is 5.32 Å². The Kier molecular flexibility index (Phi) is 4.42. The maximum atomic E-state index is 12.5. The minimum absolute atomic E-state index is 0.144. The predicted molar refractivity (Wildman–Crippen MR) is 97.4 cm³/mol. The predicted octanol–water partition coefficient (Wildman–Crippen LogP) is 3.01. The molecule has 6 heteroatoms. The molecule has 4 rings (SSSR count). The van der Waals surface area contributed by atoms with Gasteiger partial charge in [0.25, 0.3) is 0 Å². The van der Waals surface area contributed by atoms with Gasteiger partial charge in [0.05, 0.1) is 0 Å². The second kappa shape index (κ2) is 6.71. The van der Waals surface area contributed by atoms with Gasteiger partial charge in [-0.05, 0) is 37.5 Å². The van der Waals surface area contributed by atoms with Crippen LogP contribution in [0.25, 0.3) is 10.9 Å². The smallest absolute Gasteiger partial charge is 0.223 e. The van der Waals surface area contributed by atoms with E-state index in [9.17, 15) is 9.59 Å². The Hall–Kier alpha value is -2.01. The Balaban J connectivity index is 1.34. The molecule has 2 aliphatic rings. The van der Waals surface area contributed by atoms with Crippen molar-refractivity contribution in [3.8, 4) is 0 Å². The lowest BCUT2D eigenvalue weighted by Crippen LogP contribution is -2.36. The van der Waals surface area contributed by atoms with Crippen LogP contribution in [0.2, 0.25) is 5.02 Å². The Morgan fingerprint density at radius 1 is 1.32 bits per heavy atom. The number of rotatable bonds is 5. The van der Waals surface area contributed by atoms with Gasteiger partial charge >= 0.3 is 0 Å².